The van der Waals surface area contributed by atoms with Crippen molar-refractivity contribution in [1.29, 1.82) is 0 Å². The van der Waals surface area contributed by atoms with E-state index in [4.69, 9.17) is 15.6 Å². The van der Waals surface area contributed by atoms with Gasteiger partial charge in [-0.1, -0.05) is 0 Å². The highest BCUT2D eigenvalue weighted by molar-refractivity contribution is 8.00. The topological polar surface area (TPSA) is 92.8 Å². The van der Waals surface area contributed by atoms with Crippen LogP contribution in [0.25, 0.3) is 0 Å². The van der Waals surface area contributed by atoms with Crippen molar-refractivity contribution in [3.05, 3.63) is 0 Å². The van der Waals surface area contributed by atoms with Crippen molar-refractivity contribution in [2.75, 3.05) is 19.5 Å². The zero-order chi connectivity index (χ0) is 12.1. The molecular formula is C9H19NO4S. The number of aliphatic hydroxyl groups is 1. The molecule has 6 heteroatoms. The van der Waals surface area contributed by atoms with Crippen LogP contribution in [0.15, 0.2) is 0 Å². The first kappa shape index (κ1) is 14.7. The Morgan fingerprint density at radius 3 is 2.53 bits per heavy atom. The molecule has 0 aromatic rings. The average Bonchev–Trinajstić information content (AvgIpc) is 2.14. The minimum atomic E-state index is -1.03. The van der Waals surface area contributed by atoms with Crippen LogP contribution in [0.1, 0.15) is 13.8 Å². The number of methoxy groups -OCH3 is 1. The Morgan fingerprint density at radius 1 is 1.60 bits per heavy atom. The lowest BCUT2D eigenvalue weighted by Gasteiger charge is -2.28. The van der Waals surface area contributed by atoms with Crippen molar-refractivity contribution < 1.29 is 19.7 Å². The highest BCUT2D eigenvalue weighted by Gasteiger charge is 2.32. The fraction of sp³-hybridized carbons (Fsp3) is 0.889. The monoisotopic (exact) mass is 237 g/mol. The molecule has 90 valence electrons. The van der Waals surface area contributed by atoms with Gasteiger partial charge in [-0.3, -0.25) is 4.79 Å². The molecule has 0 radical (unpaired) electrons. The Bertz CT molecular complexity index is 210. The molecule has 4 N–H and O–H groups in total. The number of hydrogen-bond acceptors (Lipinski definition) is 5. The summed E-state index contributed by atoms with van der Waals surface area (Å²) in [5.41, 5.74) is 5.52. The normalized spacial score (nSPS) is 16.1. The predicted molar refractivity (Wildman–Crippen MR) is 60.0 cm³/mol. The molecule has 0 aromatic carbocycles. The third kappa shape index (κ3) is 5.36. The lowest BCUT2D eigenvalue weighted by Crippen LogP contribution is -2.47. The summed E-state index contributed by atoms with van der Waals surface area (Å²) in [6.45, 7) is 3.73. The van der Waals surface area contributed by atoms with Gasteiger partial charge in [0.05, 0.1) is 12.7 Å². The fourth-order valence-electron chi connectivity index (χ4n) is 0.939. The molecule has 5 nitrogen and oxygen atoms in total. The van der Waals surface area contributed by atoms with E-state index >= 15 is 0 Å². The number of carbonyl (C=O) groups is 1. The summed E-state index contributed by atoms with van der Waals surface area (Å²) in [6, 6.07) is -0.947. The number of carboxylic acid groups (broad SMARTS) is 1. The molecule has 0 aliphatic heterocycles. The maximum absolute atomic E-state index is 10.7. The maximum atomic E-state index is 10.7. The van der Waals surface area contributed by atoms with E-state index in [9.17, 15) is 9.90 Å². The number of carboxylic acids is 1. The summed E-state index contributed by atoms with van der Waals surface area (Å²) in [7, 11) is 1.50. The van der Waals surface area contributed by atoms with Gasteiger partial charge in [-0.05, 0) is 13.8 Å². The van der Waals surface area contributed by atoms with E-state index in [0.29, 0.717) is 5.75 Å². The van der Waals surface area contributed by atoms with E-state index in [1.807, 2.05) is 0 Å². The second kappa shape index (κ2) is 6.32. The molecular weight excluding hydrogens is 218 g/mol. The number of aliphatic hydroxyl groups excluding tert-OH is 1. The molecule has 0 saturated heterocycles. The van der Waals surface area contributed by atoms with Crippen molar-refractivity contribution in [2.24, 2.45) is 5.73 Å². The van der Waals surface area contributed by atoms with Gasteiger partial charge >= 0.3 is 5.97 Å². The molecule has 0 amide bonds. The minimum Gasteiger partial charge on any atom is -0.480 e. The van der Waals surface area contributed by atoms with Crippen LogP contribution in [0.3, 0.4) is 0 Å². The third-order valence-electron chi connectivity index (χ3n) is 2.02. The second-order valence-electron chi connectivity index (χ2n) is 3.84. The van der Waals surface area contributed by atoms with Gasteiger partial charge in [0.15, 0.2) is 0 Å². The molecule has 0 saturated carbocycles. The van der Waals surface area contributed by atoms with Gasteiger partial charge in [-0.25, -0.2) is 0 Å². The molecule has 0 rings (SSSR count). The van der Waals surface area contributed by atoms with Gasteiger partial charge < -0.3 is 20.7 Å². The number of rotatable bonds is 7. The molecule has 0 heterocycles. The van der Waals surface area contributed by atoms with Crippen LogP contribution in [0.5, 0.6) is 0 Å². The van der Waals surface area contributed by atoms with Crippen LogP contribution < -0.4 is 5.73 Å². The number of ether oxygens (including phenoxy) is 1. The van der Waals surface area contributed by atoms with Crippen molar-refractivity contribution in [1.82, 2.24) is 0 Å². The highest BCUT2D eigenvalue weighted by Crippen LogP contribution is 2.27. The van der Waals surface area contributed by atoms with E-state index in [-0.39, 0.29) is 6.61 Å². The summed E-state index contributed by atoms with van der Waals surface area (Å²) in [5, 5.41) is 18.2. The van der Waals surface area contributed by atoms with Gasteiger partial charge in [0.1, 0.15) is 6.04 Å². The molecule has 1 unspecified atom stereocenters. The molecule has 15 heavy (non-hydrogen) atoms. The Labute approximate surface area is 94.0 Å². The van der Waals surface area contributed by atoms with E-state index < -0.39 is 22.9 Å². The van der Waals surface area contributed by atoms with E-state index in [2.05, 4.69) is 0 Å². The first-order valence-electron chi connectivity index (χ1n) is 4.60. The van der Waals surface area contributed by atoms with E-state index in [1.165, 1.54) is 18.9 Å². The van der Waals surface area contributed by atoms with E-state index in [0.717, 1.165) is 0 Å². The molecule has 0 spiro atoms. The Balaban J connectivity index is 4.08. The maximum Gasteiger partial charge on any atom is 0.321 e. The second-order valence-corrected chi connectivity index (χ2v) is 5.51. The van der Waals surface area contributed by atoms with Gasteiger partial charge in [0, 0.05) is 17.6 Å². The first-order chi connectivity index (χ1) is 6.81. The molecule has 0 aliphatic rings. The largest absolute Gasteiger partial charge is 0.480 e. The third-order valence-corrected chi connectivity index (χ3v) is 3.57. The van der Waals surface area contributed by atoms with E-state index in [1.54, 1.807) is 13.8 Å². The van der Waals surface area contributed by atoms with Gasteiger partial charge in [-0.15, -0.1) is 0 Å². The SMILES string of the molecule is COCC(O)CSC(C)(C)[C@H](N)C(=O)O. The average molecular weight is 237 g/mol. The van der Waals surface area contributed by atoms with Crippen LogP contribution in [0.2, 0.25) is 0 Å². The number of nitrogens with two attached hydrogens (primary N) is 1. The summed E-state index contributed by atoms with van der Waals surface area (Å²) < 4.78 is 4.16. The van der Waals surface area contributed by atoms with Gasteiger partial charge in [-0.2, -0.15) is 11.8 Å². The van der Waals surface area contributed by atoms with Crippen molar-refractivity contribution >= 4 is 17.7 Å². The number of hydrogen-bond donors (Lipinski definition) is 3. The Morgan fingerprint density at radius 2 is 2.13 bits per heavy atom. The summed E-state index contributed by atoms with van der Waals surface area (Å²) in [5.74, 6) is -0.629. The Hall–Kier alpha value is -0.300. The van der Waals surface area contributed by atoms with Crippen molar-refractivity contribution in [3.8, 4) is 0 Å². The van der Waals surface area contributed by atoms with Crippen molar-refractivity contribution in [2.45, 2.75) is 30.7 Å². The highest BCUT2D eigenvalue weighted by atomic mass is 32.2. The number of thioether (sulfide) groups is 1. The summed E-state index contributed by atoms with van der Waals surface area (Å²) >= 11 is 1.33. The zero-order valence-electron chi connectivity index (χ0n) is 9.27. The summed E-state index contributed by atoms with van der Waals surface area (Å²) in [4.78, 5) is 10.7. The molecule has 2 atom stereocenters. The summed E-state index contributed by atoms with van der Waals surface area (Å²) in [6.07, 6.45) is -0.597. The lowest BCUT2D eigenvalue weighted by atomic mass is 10.1. The molecule has 0 aliphatic carbocycles. The fourth-order valence-corrected chi connectivity index (χ4v) is 1.94. The Kier molecular flexibility index (Phi) is 6.19. The molecule has 0 bridgehead atoms. The standard InChI is InChI=1S/C9H19NO4S/c1-9(2,7(10)8(12)13)15-5-6(11)4-14-3/h6-7,11H,4-5,10H2,1-3H3,(H,12,13)/t6?,7-/m1/s1. The lowest BCUT2D eigenvalue weighted by molar-refractivity contribution is -0.139. The van der Waals surface area contributed by atoms with Crippen LogP contribution in [-0.2, 0) is 9.53 Å². The minimum absolute atomic E-state index is 0.241. The molecule has 0 aromatic heterocycles. The quantitative estimate of drug-likeness (QED) is 0.573. The zero-order valence-corrected chi connectivity index (χ0v) is 10.1. The van der Waals surface area contributed by atoms with Gasteiger partial charge in [0.2, 0.25) is 0 Å². The number of aliphatic carboxylic acids is 1. The van der Waals surface area contributed by atoms with Gasteiger partial charge in [0.25, 0.3) is 0 Å². The first-order valence-corrected chi connectivity index (χ1v) is 5.59. The molecule has 0 fully saturated rings. The van der Waals surface area contributed by atoms with Crippen molar-refractivity contribution in [3.63, 3.8) is 0 Å². The van der Waals surface area contributed by atoms with Crippen LogP contribution in [-0.4, -0.2) is 52.5 Å². The predicted octanol–water partition coefficient (Wildman–Crippen LogP) is -0.0826. The smallest absolute Gasteiger partial charge is 0.321 e. The van der Waals surface area contributed by atoms with Crippen LogP contribution in [0.4, 0.5) is 0 Å². The van der Waals surface area contributed by atoms with Crippen LogP contribution in [0, 0.1) is 0 Å². The van der Waals surface area contributed by atoms with Crippen LogP contribution >= 0.6 is 11.8 Å².